The van der Waals surface area contributed by atoms with Crippen LogP contribution in [0.4, 0.5) is 0 Å². The van der Waals surface area contributed by atoms with Crippen LogP contribution in [-0.4, -0.2) is 63.5 Å². The third kappa shape index (κ3) is 8.20. The molecule has 0 aromatic heterocycles. The van der Waals surface area contributed by atoms with E-state index in [0.717, 1.165) is 38.7 Å². The summed E-state index contributed by atoms with van der Waals surface area (Å²) in [4.78, 5) is 6.67. The van der Waals surface area contributed by atoms with E-state index < -0.39 is 0 Å². The molecule has 1 heterocycles. The second kappa shape index (κ2) is 12.5. The van der Waals surface area contributed by atoms with Crippen LogP contribution in [0.3, 0.4) is 0 Å². The number of methoxy groups -OCH3 is 1. The maximum Gasteiger partial charge on any atom is 0.191 e. The van der Waals surface area contributed by atoms with Crippen LogP contribution in [0.2, 0.25) is 0 Å². The minimum atomic E-state index is 0. The Labute approximate surface area is 174 Å². The maximum absolute atomic E-state index is 5.80. The van der Waals surface area contributed by atoms with Gasteiger partial charge in [-0.15, -0.1) is 24.0 Å². The van der Waals surface area contributed by atoms with Crippen molar-refractivity contribution in [3.63, 3.8) is 0 Å². The number of aliphatic imine (C=N–C) groups is 1. The van der Waals surface area contributed by atoms with Gasteiger partial charge in [-0.3, -0.25) is 9.89 Å². The highest BCUT2D eigenvalue weighted by Gasteiger charge is 2.21. The molecule has 0 saturated carbocycles. The topological polar surface area (TPSA) is 58.1 Å². The van der Waals surface area contributed by atoms with Crippen LogP contribution < -0.4 is 10.6 Å². The van der Waals surface area contributed by atoms with E-state index in [1.54, 1.807) is 14.2 Å². The number of benzene rings is 1. The lowest BCUT2D eigenvalue weighted by atomic mass is 10.1. The molecule has 1 aromatic carbocycles. The summed E-state index contributed by atoms with van der Waals surface area (Å²) in [5, 5.41) is 6.52. The lowest BCUT2D eigenvalue weighted by Gasteiger charge is -2.35. The molecule has 6 nitrogen and oxygen atoms in total. The molecule has 26 heavy (non-hydrogen) atoms. The summed E-state index contributed by atoms with van der Waals surface area (Å²) in [7, 11) is 3.47. The van der Waals surface area contributed by atoms with Crippen molar-refractivity contribution in [2.45, 2.75) is 39.1 Å². The highest BCUT2D eigenvalue weighted by atomic mass is 127. The largest absolute Gasteiger partial charge is 0.383 e. The predicted octanol–water partition coefficient (Wildman–Crippen LogP) is 2.23. The number of hydrogen-bond donors (Lipinski definition) is 2. The van der Waals surface area contributed by atoms with Gasteiger partial charge in [0.15, 0.2) is 5.96 Å². The molecule has 0 spiro atoms. The van der Waals surface area contributed by atoms with Gasteiger partial charge >= 0.3 is 0 Å². The third-order valence-corrected chi connectivity index (χ3v) is 4.21. The van der Waals surface area contributed by atoms with Gasteiger partial charge < -0.3 is 20.1 Å². The first-order valence-corrected chi connectivity index (χ1v) is 8.99. The first-order valence-electron chi connectivity index (χ1n) is 8.99. The molecule has 0 bridgehead atoms. The fourth-order valence-corrected chi connectivity index (χ4v) is 3.11. The molecule has 7 heteroatoms. The van der Waals surface area contributed by atoms with Crippen molar-refractivity contribution in [2.24, 2.45) is 4.99 Å². The highest BCUT2D eigenvalue weighted by molar-refractivity contribution is 14.0. The van der Waals surface area contributed by atoms with Gasteiger partial charge in [0.05, 0.1) is 18.8 Å². The van der Waals surface area contributed by atoms with E-state index in [1.165, 1.54) is 11.1 Å². The van der Waals surface area contributed by atoms with Crippen LogP contribution in [0.1, 0.15) is 25.0 Å². The quantitative estimate of drug-likeness (QED) is 0.274. The number of nitrogens with zero attached hydrogens (tertiary/aromatic N) is 2. The van der Waals surface area contributed by atoms with E-state index in [2.05, 4.69) is 58.6 Å². The fourth-order valence-electron chi connectivity index (χ4n) is 3.11. The van der Waals surface area contributed by atoms with Crippen molar-refractivity contribution in [2.75, 3.05) is 40.4 Å². The molecule has 1 saturated heterocycles. The van der Waals surface area contributed by atoms with Gasteiger partial charge in [-0.25, -0.2) is 0 Å². The number of guanidine groups is 1. The summed E-state index contributed by atoms with van der Waals surface area (Å²) in [5.41, 5.74) is 2.58. The molecule has 2 N–H and O–H groups in total. The zero-order valence-electron chi connectivity index (χ0n) is 16.3. The summed E-state index contributed by atoms with van der Waals surface area (Å²) in [6.45, 7) is 9.41. The molecule has 1 aliphatic rings. The third-order valence-electron chi connectivity index (χ3n) is 4.21. The number of halogens is 1. The van der Waals surface area contributed by atoms with E-state index in [1.807, 2.05) is 0 Å². The fraction of sp³-hybridized carbons (Fsp3) is 0.632. The average Bonchev–Trinajstić information content (AvgIpc) is 2.58. The number of hydrogen-bond acceptors (Lipinski definition) is 4. The van der Waals surface area contributed by atoms with Crippen molar-refractivity contribution in [1.82, 2.24) is 15.5 Å². The molecule has 0 radical (unpaired) electrons. The zero-order chi connectivity index (χ0) is 18.1. The van der Waals surface area contributed by atoms with Crippen molar-refractivity contribution < 1.29 is 9.47 Å². The molecule has 0 amide bonds. The lowest BCUT2D eigenvalue weighted by Crippen LogP contribution is -2.44. The first-order chi connectivity index (χ1) is 12.1. The van der Waals surface area contributed by atoms with Crippen LogP contribution in [0.25, 0.3) is 0 Å². The van der Waals surface area contributed by atoms with Crippen LogP contribution in [0.5, 0.6) is 0 Å². The molecule has 148 valence electrons. The number of ether oxygens (including phenoxy) is 2. The van der Waals surface area contributed by atoms with Crippen LogP contribution in [0, 0.1) is 0 Å². The van der Waals surface area contributed by atoms with E-state index in [9.17, 15) is 0 Å². The summed E-state index contributed by atoms with van der Waals surface area (Å²) < 4.78 is 10.8. The van der Waals surface area contributed by atoms with Gasteiger partial charge in [-0.2, -0.15) is 0 Å². The lowest BCUT2D eigenvalue weighted by molar-refractivity contribution is -0.0704. The Morgan fingerprint density at radius 2 is 1.77 bits per heavy atom. The molecule has 1 fully saturated rings. The van der Waals surface area contributed by atoms with Crippen LogP contribution in [0.15, 0.2) is 29.3 Å². The molecule has 2 atom stereocenters. The standard InChI is InChI=1S/C19H32N4O2.HI/c1-15-12-23(13-16(2)25-15)14-18-7-5-17(6-8-18)11-22-19(20-3)21-9-10-24-4;/h5-8,15-16H,9-14H2,1-4H3,(H2,20,21,22);1H. The van der Waals surface area contributed by atoms with Gasteiger partial charge in [0.25, 0.3) is 0 Å². The van der Waals surface area contributed by atoms with Gasteiger partial charge in [0, 0.05) is 46.9 Å². The summed E-state index contributed by atoms with van der Waals surface area (Å²) >= 11 is 0. The predicted molar refractivity (Wildman–Crippen MR) is 117 cm³/mol. The Morgan fingerprint density at radius 1 is 1.15 bits per heavy atom. The SMILES string of the molecule is CN=C(NCCOC)NCc1ccc(CN2CC(C)OC(C)C2)cc1.I. The van der Waals surface area contributed by atoms with E-state index in [-0.39, 0.29) is 24.0 Å². The number of nitrogens with one attached hydrogen (secondary N) is 2. The van der Waals surface area contributed by atoms with Gasteiger partial charge in [0.2, 0.25) is 0 Å². The smallest absolute Gasteiger partial charge is 0.191 e. The van der Waals surface area contributed by atoms with Crippen LogP contribution >= 0.6 is 24.0 Å². The Morgan fingerprint density at radius 3 is 2.35 bits per heavy atom. The number of morpholine rings is 1. The average molecular weight is 476 g/mol. The Bertz CT molecular complexity index is 529. The molecule has 2 rings (SSSR count). The Hall–Kier alpha value is -0.900. The summed E-state index contributed by atoms with van der Waals surface area (Å²) in [6, 6.07) is 8.78. The number of rotatable bonds is 7. The van der Waals surface area contributed by atoms with E-state index in [0.29, 0.717) is 18.8 Å². The van der Waals surface area contributed by atoms with Crippen molar-refractivity contribution in [3.8, 4) is 0 Å². The molecule has 2 unspecified atom stereocenters. The second-order valence-electron chi connectivity index (χ2n) is 6.61. The van der Waals surface area contributed by atoms with Gasteiger partial charge in [-0.05, 0) is 25.0 Å². The molecular formula is C19H33IN4O2. The molecule has 1 aliphatic heterocycles. The molecular weight excluding hydrogens is 443 g/mol. The molecule has 1 aromatic rings. The van der Waals surface area contributed by atoms with Crippen molar-refractivity contribution in [1.29, 1.82) is 0 Å². The normalized spacial score (nSPS) is 21.2. The van der Waals surface area contributed by atoms with Crippen LogP contribution in [-0.2, 0) is 22.6 Å². The Balaban J connectivity index is 0.00000338. The monoisotopic (exact) mass is 476 g/mol. The first kappa shape index (κ1) is 23.1. The van der Waals surface area contributed by atoms with Crippen molar-refractivity contribution >= 4 is 29.9 Å². The van der Waals surface area contributed by atoms with E-state index in [4.69, 9.17) is 9.47 Å². The molecule has 0 aliphatic carbocycles. The summed E-state index contributed by atoms with van der Waals surface area (Å²) in [6.07, 6.45) is 0.620. The summed E-state index contributed by atoms with van der Waals surface area (Å²) in [5.74, 6) is 0.789. The highest BCUT2D eigenvalue weighted by Crippen LogP contribution is 2.14. The minimum absolute atomic E-state index is 0. The minimum Gasteiger partial charge on any atom is -0.383 e. The van der Waals surface area contributed by atoms with Crippen molar-refractivity contribution in [3.05, 3.63) is 35.4 Å². The zero-order valence-corrected chi connectivity index (χ0v) is 18.7. The van der Waals surface area contributed by atoms with Gasteiger partial charge in [-0.1, -0.05) is 24.3 Å². The van der Waals surface area contributed by atoms with Gasteiger partial charge in [0.1, 0.15) is 0 Å². The second-order valence-corrected chi connectivity index (χ2v) is 6.61. The maximum atomic E-state index is 5.80. The van der Waals surface area contributed by atoms with E-state index >= 15 is 0 Å². The Kier molecular flexibility index (Phi) is 11.1.